The Balaban J connectivity index is 2.34. The van der Waals surface area contributed by atoms with Crippen LogP contribution in [0.4, 0.5) is 5.82 Å². The molecule has 1 aliphatic heterocycles. The molecule has 1 atom stereocenters. The standard InChI is InChI=1S/C11H14ClN3O4/c1-17-10(16)8-6-19-4-3-15(8)9-7(12)5-13-11(14-9)18-2/h5,8H,3-4,6H2,1-2H3. The predicted octanol–water partition coefficient (Wildman–Crippen LogP) is 0.517. The molecule has 1 aliphatic rings. The lowest BCUT2D eigenvalue weighted by Gasteiger charge is -2.34. The van der Waals surface area contributed by atoms with Crippen molar-refractivity contribution in [3.63, 3.8) is 0 Å². The van der Waals surface area contributed by atoms with Gasteiger partial charge in [0.25, 0.3) is 0 Å². The Bertz CT molecular complexity index is 471. The fraction of sp³-hybridized carbons (Fsp3) is 0.545. The van der Waals surface area contributed by atoms with E-state index in [-0.39, 0.29) is 12.6 Å². The molecule has 0 bridgehead atoms. The monoisotopic (exact) mass is 287 g/mol. The number of rotatable bonds is 3. The van der Waals surface area contributed by atoms with Gasteiger partial charge in [-0.3, -0.25) is 0 Å². The van der Waals surface area contributed by atoms with Gasteiger partial charge >= 0.3 is 12.0 Å². The van der Waals surface area contributed by atoms with Gasteiger partial charge in [-0.1, -0.05) is 11.6 Å². The molecular weight excluding hydrogens is 274 g/mol. The van der Waals surface area contributed by atoms with Crippen molar-refractivity contribution >= 4 is 23.4 Å². The van der Waals surface area contributed by atoms with Gasteiger partial charge in [-0.25, -0.2) is 9.78 Å². The highest BCUT2D eigenvalue weighted by atomic mass is 35.5. The zero-order valence-corrected chi connectivity index (χ0v) is 11.4. The van der Waals surface area contributed by atoms with Crippen molar-refractivity contribution in [2.45, 2.75) is 6.04 Å². The van der Waals surface area contributed by atoms with Crippen molar-refractivity contribution in [1.29, 1.82) is 0 Å². The molecule has 2 rings (SSSR count). The molecule has 0 saturated carbocycles. The van der Waals surface area contributed by atoms with Crippen LogP contribution in [0.3, 0.4) is 0 Å². The van der Waals surface area contributed by atoms with E-state index < -0.39 is 12.0 Å². The lowest BCUT2D eigenvalue weighted by atomic mass is 10.2. The first-order chi connectivity index (χ1) is 9.17. The maximum absolute atomic E-state index is 11.8. The molecule has 0 spiro atoms. The number of aromatic nitrogens is 2. The Morgan fingerprint density at radius 2 is 2.37 bits per heavy atom. The first kappa shape index (κ1) is 13.8. The van der Waals surface area contributed by atoms with Gasteiger partial charge in [-0.2, -0.15) is 4.98 Å². The molecule has 7 nitrogen and oxygen atoms in total. The Morgan fingerprint density at radius 1 is 1.58 bits per heavy atom. The van der Waals surface area contributed by atoms with Gasteiger partial charge in [0, 0.05) is 6.54 Å². The van der Waals surface area contributed by atoms with Crippen molar-refractivity contribution in [2.24, 2.45) is 0 Å². The van der Waals surface area contributed by atoms with E-state index in [4.69, 9.17) is 25.8 Å². The fourth-order valence-corrected chi connectivity index (χ4v) is 2.03. The Kier molecular flexibility index (Phi) is 4.39. The number of hydrogen-bond acceptors (Lipinski definition) is 7. The predicted molar refractivity (Wildman–Crippen MR) is 67.6 cm³/mol. The maximum atomic E-state index is 11.8. The van der Waals surface area contributed by atoms with Crippen molar-refractivity contribution in [2.75, 3.05) is 38.9 Å². The van der Waals surface area contributed by atoms with E-state index in [0.29, 0.717) is 24.0 Å². The number of morpholine rings is 1. The second kappa shape index (κ2) is 6.03. The van der Waals surface area contributed by atoms with Crippen molar-refractivity contribution in [1.82, 2.24) is 9.97 Å². The Labute approximate surface area is 115 Å². The lowest BCUT2D eigenvalue weighted by molar-refractivity contribution is -0.144. The summed E-state index contributed by atoms with van der Waals surface area (Å²) in [6, 6.07) is -0.384. The molecule has 1 saturated heterocycles. The maximum Gasteiger partial charge on any atom is 0.330 e. The van der Waals surface area contributed by atoms with Gasteiger partial charge in [-0.15, -0.1) is 0 Å². The first-order valence-electron chi connectivity index (χ1n) is 5.66. The van der Waals surface area contributed by atoms with Crippen LogP contribution in [0, 0.1) is 0 Å². The summed E-state index contributed by atoms with van der Waals surface area (Å²) in [5, 5.41) is 0.344. The number of methoxy groups -OCH3 is 2. The highest BCUT2D eigenvalue weighted by molar-refractivity contribution is 6.32. The third-order valence-electron chi connectivity index (χ3n) is 2.76. The number of halogens is 1. The summed E-state index contributed by atoms with van der Waals surface area (Å²) >= 11 is 6.08. The summed E-state index contributed by atoms with van der Waals surface area (Å²) in [5.74, 6) is 0.0422. The van der Waals surface area contributed by atoms with Gasteiger partial charge < -0.3 is 19.1 Å². The van der Waals surface area contributed by atoms with Crippen LogP contribution in [0.5, 0.6) is 6.01 Å². The van der Waals surface area contributed by atoms with Crippen LogP contribution in [-0.2, 0) is 14.3 Å². The second-order valence-corrected chi connectivity index (χ2v) is 4.24. The van der Waals surface area contributed by atoms with E-state index in [1.807, 2.05) is 0 Å². The number of nitrogens with zero attached hydrogens (tertiary/aromatic N) is 3. The summed E-state index contributed by atoms with van der Waals surface area (Å²) < 4.78 is 15.0. The summed E-state index contributed by atoms with van der Waals surface area (Å²) in [5.41, 5.74) is 0. The minimum Gasteiger partial charge on any atom is -0.467 e. The summed E-state index contributed by atoms with van der Waals surface area (Å²) in [7, 11) is 2.79. The van der Waals surface area contributed by atoms with E-state index in [2.05, 4.69) is 9.97 Å². The van der Waals surface area contributed by atoms with Crippen LogP contribution in [-0.4, -0.2) is 56.0 Å². The van der Waals surface area contributed by atoms with E-state index in [0.717, 1.165) is 0 Å². The molecule has 19 heavy (non-hydrogen) atoms. The van der Waals surface area contributed by atoms with Crippen LogP contribution in [0.15, 0.2) is 6.20 Å². The molecular formula is C11H14ClN3O4. The minimum atomic E-state index is -0.573. The van der Waals surface area contributed by atoms with Crippen molar-refractivity contribution < 1.29 is 19.0 Å². The SMILES string of the molecule is COC(=O)C1COCCN1c1nc(OC)ncc1Cl. The van der Waals surface area contributed by atoms with Gasteiger partial charge in [0.05, 0.1) is 33.6 Å². The van der Waals surface area contributed by atoms with Crippen LogP contribution in [0.25, 0.3) is 0 Å². The van der Waals surface area contributed by atoms with Crippen molar-refractivity contribution in [3.8, 4) is 6.01 Å². The quantitative estimate of drug-likeness (QED) is 0.750. The molecule has 0 radical (unpaired) electrons. The second-order valence-electron chi connectivity index (χ2n) is 3.84. The topological polar surface area (TPSA) is 73.8 Å². The Morgan fingerprint density at radius 3 is 3.05 bits per heavy atom. The van der Waals surface area contributed by atoms with Gasteiger partial charge in [0.15, 0.2) is 11.9 Å². The minimum absolute atomic E-state index is 0.189. The molecule has 0 aromatic carbocycles. The number of carbonyl (C=O) groups is 1. The number of esters is 1. The molecule has 2 heterocycles. The third-order valence-corrected chi connectivity index (χ3v) is 3.03. The first-order valence-corrected chi connectivity index (χ1v) is 6.04. The summed E-state index contributed by atoms with van der Waals surface area (Å²) in [6.07, 6.45) is 1.44. The zero-order valence-electron chi connectivity index (χ0n) is 10.6. The summed E-state index contributed by atoms with van der Waals surface area (Å²) in [6.45, 7) is 1.20. The normalized spacial score (nSPS) is 19.1. The molecule has 0 aliphatic carbocycles. The Hall–Kier alpha value is -1.60. The third kappa shape index (κ3) is 2.87. The molecule has 1 aromatic rings. The number of hydrogen-bond donors (Lipinski definition) is 0. The average Bonchev–Trinajstić information content (AvgIpc) is 2.47. The molecule has 1 fully saturated rings. The van der Waals surface area contributed by atoms with Crippen LogP contribution < -0.4 is 9.64 Å². The van der Waals surface area contributed by atoms with E-state index in [1.165, 1.54) is 20.4 Å². The number of ether oxygens (including phenoxy) is 3. The summed E-state index contributed by atoms with van der Waals surface area (Å²) in [4.78, 5) is 21.6. The molecule has 8 heteroatoms. The number of carbonyl (C=O) groups excluding carboxylic acids is 1. The fourth-order valence-electron chi connectivity index (χ4n) is 1.83. The van der Waals surface area contributed by atoms with Gasteiger partial charge in [-0.05, 0) is 0 Å². The van der Waals surface area contributed by atoms with Crippen LogP contribution >= 0.6 is 11.6 Å². The molecule has 0 amide bonds. The largest absolute Gasteiger partial charge is 0.467 e. The van der Waals surface area contributed by atoms with Crippen LogP contribution in [0.1, 0.15) is 0 Å². The molecule has 104 valence electrons. The van der Waals surface area contributed by atoms with Gasteiger partial charge in [0.1, 0.15) is 5.02 Å². The average molecular weight is 288 g/mol. The lowest BCUT2D eigenvalue weighted by Crippen LogP contribution is -2.51. The van der Waals surface area contributed by atoms with E-state index >= 15 is 0 Å². The van der Waals surface area contributed by atoms with E-state index in [1.54, 1.807) is 4.90 Å². The number of anilines is 1. The smallest absolute Gasteiger partial charge is 0.330 e. The van der Waals surface area contributed by atoms with Crippen LogP contribution in [0.2, 0.25) is 5.02 Å². The highest BCUT2D eigenvalue weighted by Crippen LogP contribution is 2.27. The zero-order chi connectivity index (χ0) is 13.8. The van der Waals surface area contributed by atoms with Gasteiger partial charge in [0.2, 0.25) is 0 Å². The van der Waals surface area contributed by atoms with Crippen molar-refractivity contribution in [3.05, 3.63) is 11.2 Å². The molecule has 0 N–H and O–H groups in total. The van der Waals surface area contributed by atoms with E-state index in [9.17, 15) is 4.79 Å². The molecule has 1 unspecified atom stereocenters. The highest BCUT2D eigenvalue weighted by Gasteiger charge is 2.32. The molecule has 1 aromatic heterocycles.